The number of Topliss-reactive ketones (excluding diaryl/α,β-unsaturated/α-hetero) is 1. The van der Waals surface area contributed by atoms with Gasteiger partial charge in [-0.3, -0.25) is 51.7 Å². The molecule has 0 heterocycles. The molecule has 0 fully saturated rings. The quantitative estimate of drug-likeness (QED) is 0.00978. The van der Waals surface area contributed by atoms with Crippen molar-refractivity contribution >= 4 is 57.0 Å². The lowest BCUT2D eigenvalue weighted by Crippen LogP contribution is -2.43. The molecule has 0 aromatic rings. The lowest BCUT2D eigenvalue weighted by Gasteiger charge is -2.23. The number of aliphatic hydroxyl groups excluding tert-OH is 1. The van der Waals surface area contributed by atoms with Crippen molar-refractivity contribution < 1.29 is 94.6 Å². The van der Waals surface area contributed by atoms with Crippen molar-refractivity contribution in [1.29, 1.82) is 0 Å². The summed E-state index contributed by atoms with van der Waals surface area (Å²) in [7, 11) is -9.56. The number of hydrogen-bond donors (Lipinski definition) is 7. The van der Waals surface area contributed by atoms with Gasteiger partial charge in [0.1, 0.15) is 18.0 Å². The van der Waals surface area contributed by atoms with E-state index in [1.807, 2.05) is 0 Å². The molecule has 24 nitrogen and oxygen atoms in total. The normalized spacial score (nSPS) is 14.3. The maximum Gasteiger partial charge on any atom is 0.472 e. The molecular formula is C78H146N4O20P2. The highest BCUT2D eigenvalue weighted by atomic mass is 31.2. The van der Waals surface area contributed by atoms with Gasteiger partial charge in [-0.05, 0) is 96.3 Å². The van der Waals surface area contributed by atoms with Gasteiger partial charge >= 0.3 is 27.6 Å². The summed E-state index contributed by atoms with van der Waals surface area (Å²) in [6.07, 6.45) is 43.4. The van der Waals surface area contributed by atoms with Crippen molar-refractivity contribution in [3.63, 3.8) is 0 Å². The number of amides is 4. The van der Waals surface area contributed by atoms with Gasteiger partial charge in [0.05, 0.1) is 77.3 Å². The van der Waals surface area contributed by atoms with E-state index in [1.165, 1.54) is 38.5 Å². The number of aliphatic hydroxyl groups is 1. The van der Waals surface area contributed by atoms with Gasteiger partial charge in [0.2, 0.25) is 23.6 Å². The Morgan fingerprint density at radius 3 is 1.19 bits per heavy atom. The summed E-state index contributed by atoms with van der Waals surface area (Å²) in [5.74, 6) is -3.16. The smallest absolute Gasteiger partial charge is 0.462 e. The Labute approximate surface area is 627 Å². The van der Waals surface area contributed by atoms with Gasteiger partial charge in [0, 0.05) is 58.2 Å². The monoisotopic (exact) mass is 1520 g/mol. The molecule has 7 atom stereocenters. The van der Waals surface area contributed by atoms with Gasteiger partial charge < -0.3 is 55.1 Å². The minimum absolute atomic E-state index is 0.137. The molecule has 0 radical (unpaired) electrons. The maximum absolute atomic E-state index is 13.6. The minimum atomic E-state index is -4.78. The standard InChI is InChI=1S/C78H146N4O20P2/c1-7-13-19-25-27-29-31-37-43-49-77(89)101-71(47-41-35-23-17-11-5)54-58-96-64-67(81-75(87)61-70(84)46-40-34-22-16-10-4)65-99-103(91,92)97-59-55-79-73(85)51-52-74(86)80-56-60-98-104(93,94)100-66-68(63-95-57-53-69(83)45-39-33-21-15-9-3)82-76(88)62-72(48-42-36-24-18-12-6)102-78(90)50-44-38-32-30-28-26-20-14-8-2/h29-32,67-69,71-72,83H,7-28,33-66H2,1-6H3,(H,79,85)(H,80,86)(H,81,87)(H,82,88)(H,91,92)(H,93,94)/b31-29-,32-30-/t67?,68?,69-,71-,72-/m1/s1. The van der Waals surface area contributed by atoms with Crippen LogP contribution >= 0.6 is 15.6 Å². The van der Waals surface area contributed by atoms with E-state index in [2.05, 4.69) is 87.1 Å². The van der Waals surface area contributed by atoms with Gasteiger partial charge in [0.25, 0.3) is 0 Å². The van der Waals surface area contributed by atoms with Crippen molar-refractivity contribution in [2.24, 2.45) is 0 Å². The lowest BCUT2D eigenvalue weighted by atomic mass is 10.1. The van der Waals surface area contributed by atoms with Crippen LogP contribution in [0.5, 0.6) is 0 Å². The van der Waals surface area contributed by atoms with Crippen molar-refractivity contribution in [3.05, 3.63) is 24.3 Å². The number of carbonyl (C=O) groups excluding carboxylic acids is 7. The van der Waals surface area contributed by atoms with Gasteiger partial charge in [-0.1, -0.05) is 214 Å². The molecule has 0 aromatic heterocycles. The third-order valence-electron chi connectivity index (χ3n) is 17.5. The number of unbranched alkanes of at least 4 members (excludes halogenated alkanes) is 26. The molecule has 0 aliphatic carbocycles. The predicted octanol–water partition coefficient (Wildman–Crippen LogP) is 16.4. The zero-order valence-corrected chi connectivity index (χ0v) is 67.3. The van der Waals surface area contributed by atoms with Crippen molar-refractivity contribution in [3.8, 4) is 0 Å². The second-order valence-electron chi connectivity index (χ2n) is 27.6. The fourth-order valence-corrected chi connectivity index (χ4v) is 12.8. The minimum Gasteiger partial charge on any atom is -0.462 e. The highest BCUT2D eigenvalue weighted by molar-refractivity contribution is 7.47. The van der Waals surface area contributed by atoms with Gasteiger partial charge in [-0.15, -0.1) is 0 Å². The zero-order chi connectivity index (χ0) is 76.8. The number of ketones is 1. The number of allylic oxidation sites excluding steroid dienone is 4. The van der Waals surface area contributed by atoms with Crippen LogP contribution in [0.4, 0.5) is 0 Å². The fourth-order valence-electron chi connectivity index (χ4n) is 11.3. The van der Waals surface area contributed by atoms with E-state index >= 15 is 0 Å². The molecule has 104 heavy (non-hydrogen) atoms. The largest absolute Gasteiger partial charge is 0.472 e. The number of esters is 2. The van der Waals surface area contributed by atoms with E-state index in [9.17, 15) is 57.6 Å². The second kappa shape index (κ2) is 70.7. The zero-order valence-electron chi connectivity index (χ0n) is 65.5. The van der Waals surface area contributed by atoms with Crippen LogP contribution in [0.3, 0.4) is 0 Å². The molecular weight excluding hydrogens is 1370 g/mol. The average Bonchev–Trinajstić information content (AvgIpc) is 0.919. The third kappa shape index (κ3) is 67.4. The summed E-state index contributed by atoms with van der Waals surface area (Å²) in [5, 5.41) is 21.1. The first kappa shape index (κ1) is 100. The first-order chi connectivity index (χ1) is 50.2. The third-order valence-corrected chi connectivity index (χ3v) is 19.4. The summed E-state index contributed by atoms with van der Waals surface area (Å²) in [4.78, 5) is 112. The summed E-state index contributed by atoms with van der Waals surface area (Å²) in [6, 6.07) is -1.93. The Morgan fingerprint density at radius 2 is 0.740 bits per heavy atom. The van der Waals surface area contributed by atoms with E-state index in [0.717, 1.165) is 161 Å². The van der Waals surface area contributed by atoms with E-state index in [4.69, 9.17) is 37.0 Å². The van der Waals surface area contributed by atoms with Crippen LogP contribution in [-0.2, 0) is 79.7 Å². The van der Waals surface area contributed by atoms with E-state index < -0.39 is 90.0 Å². The van der Waals surface area contributed by atoms with Crippen LogP contribution < -0.4 is 21.3 Å². The molecule has 26 heteroatoms. The van der Waals surface area contributed by atoms with Crippen LogP contribution in [0.1, 0.15) is 337 Å². The van der Waals surface area contributed by atoms with E-state index in [1.54, 1.807) is 0 Å². The molecule has 0 aliphatic rings. The van der Waals surface area contributed by atoms with E-state index in [0.29, 0.717) is 57.8 Å². The second-order valence-corrected chi connectivity index (χ2v) is 30.6. The van der Waals surface area contributed by atoms with Crippen LogP contribution in [0.2, 0.25) is 0 Å². The van der Waals surface area contributed by atoms with Crippen LogP contribution in [-0.4, -0.2) is 153 Å². The predicted molar refractivity (Wildman–Crippen MR) is 410 cm³/mol. The van der Waals surface area contributed by atoms with Crippen LogP contribution in [0.15, 0.2) is 24.3 Å². The Kier molecular flexibility index (Phi) is 68.1. The number of nitrogens with one attached hydrogen (secondary N) is 4. The van der Waals surface area contributed by atoms with Crippen molar-refractivity contribution in [1.82, 2.24) is 21.3 Å². The summed E-state index contributed by atoms with van der Waals surface area (Å²) >= 11 is 0. The van der Waals surface area contributed by atoms with Crippen molar-refractivity contribution in [2.45, 2.75) is 367 Å². The Morgan fingerprint density at radius 1 is 0.365 bits per heavy atom. The molecule has 0 spiro atoms. The van der Waals surface area contributed by atoms with Crippen molar-refractivity contribution in [2.75, 3.05) is 65.9 Å². The maximum atomic E-state index is 13.6. The Bertz CT molecular complexity index is 2320. The van der Waals surface area contributed by atoms with Gasteiger partial charge in [-0.25, -0.2) is 9.13 Å². The Hall–Kier alpha value is -3.93. The molecule has 0 rings (SSSR count). The topological polar surface area (TPSA) is 336 Å². The highest BCUT2D eigenvalue weighted by Gasteiger charge is 2.28. The number of phosphoric ester groups is 2. The number of hydrogen-bond acceptors (Lipinski definition) is 18. The molecule has 0 aromatic carbocycles. The van der Waals surface area contributed by atoms with E-state index in [-0.39, 0.29) is 102 Å². The molecule has 0 bridgehead atoms. The molecule has 0 saturated carbocycles. The Balaban J connectivity index is 5.51. The number of ether oxygens (including phenoxy) is 4. The first-order valence-electron chi connectivity index (χ1n) is 40.6. The molecule has 608 valence electrons. The molecule has 4 unspecified atom stereocenters. The van der Waals surface area contributed by atoms with Gasteiger partial charge in [0.15, 0.2) is 0 Å². The first-order valence-corrected chi connectivity index (χ1v) is 43.6. The summed E-state index contributed by atoms with van der Waals surface area (Å²) < 4.78 is 70.6. The van der Waals surface area contributed by atoms with Gasteiger partial charge in [-0.2, -0.15) is 0 Å². The fraction of sp³-hybridized carbons (Fsp3) is 0.859. The molecule has 0 aliphatic heterocycles. The molecule has 4 amide bonds. The number of carbonyl (C=O) groups is 7. The number of phosphoric acid groups is 2. The highest BCUT2D eigenvalue weighted by Crippen LogP contribution is 2.44. The SMILES string of the molecule is CCCCCC/C=C\CCCC(=O)O[C@H](CCCCCCC)CCOCC(COP(=O)(O)OCCNC(=O)CCC(=O)NCCOP(=O)(O)OCC(COCC[C@H](O)CCCCCCC)NC(=O)C[C@@H](CCCCCCC)OC(=O)CCC/C=C\CCCCCC)NC(=O)CC(=O)CCCCCCC. The lowest BCUT2D eigenvalue weighted by molar-refractivity contribution is -0.152. The molecule has 7 N–H and O–H groups in total. The summed E-state index contributed by atoms with van der Waals surface area (Å²) in [5.41, 5.74) is 0. The summed E-state index contributed by atoms with van der Waals surface area (Å²) in [6.45, 7) is 10.4. The molecule has 0 saturated heterocycles. The van der Waals surface area contributed by atoms with Crippen LogP contribution in [0.25, 0.3) is 0 Å². The number of rotatable bonds is 77. The van der Waals surface area contributed by atoms with Crippen LogP contribution in [0, 0.1) is 0 Å². The average molecular weight is 1520 g/mol.